The number of piperidine rings is 1. The van der Waals surface area contributed by atoms with E-state index in [1.807, 2.05) is 28.1 Å². The molecule has 5 heteroatoms. The van der Waals surface area contributed by atoms with Crippen molar-refractivity contribution < 1.29 is 9.59 Å². The van der Waals surface area contributed by atoms with E-state index in [-0.39, 0.29) is 17.2 Å². The number of nitrogens with zero attached hydrogens (tertiary/aromatic N) is 3. The Labute approximate surface area is 155 Å². The second-order valence-electron chi connectivity index (χ2n) is 8.39. The van der Waals surface area contributed by atoms with E-state index in [0.29, 0.717) is 25.4 Å². The van der Waals surface area contributed by atoms with Crippen LogP contribution in [0.1, 0.15) is 56.9 Å². The summed E-state index contributed by atoms with van der Waals surface area (Å²) < 4.78 is 0. The predicted octanol–water partition coefficient (Wildman–Crippen LogP) is 3.00. The molecule has 0 N–H and O–H groups in total. The lowest BCUT2D eigenvalue weighted by Gasteiger charge is -2.39. The summed E-state index contributed by atoms with van der Waals surface area (Å²) in [6, 6.07) is 3.94. The van der Waals surface area contributed by atoms with E-state index in [2.05, 4.69) is 4.98 Å². The van der Waals surface area contributed by atoms with Gasteiger partial charge in [0.15, 0.2) is 0 Å². The van der Waals surface area contributed by atoms with Crippen LogP contribution < -0.4 is 0 Å². The molecule has 1 saturated carbocycles. The van der Waals surface area contributed by atoms with Gasteiger partial charge in [-0.3, -0.25) is 14.6 Å². The van der Waals surface area contributed by atoms with Crippen molar-refractivity contribution in [3.05, 3.63) is 30.1 Å². The van der Waals surface area contributed by atoms with E-state index in [1.54, 1.807) is 6.20 Å². The fourth-order valence-corrected chi connectivity index (χ4v) is 5.07. The summed E-state index contributed by atoms with van der Waals surface area (Å²) in [7, 11) is 0. The third-order valence-electron chi connectivity index (χ3n) is 6.57. The van der Waals surface area contributed by atoms with Crippen LogP contribution in [0.3, 0.4) is 0 Å². The molecule has 140 valence electrons. The van der Waals surface area contributed by atoms with Crippen molar-refractivity contribution in [3.63, 3.8) is 0 Å². The van der Waals surface area contributed by atoms with Crippen molar-refractivity contribution in [2.75, 3.05) is 19.6 Å². The molecular formula is C21H29N3O2. The standard InChI is InChI=1S/C21H29N3O2/c25-19(13-17-5-1-2-6-17)24-12-9-21(16-24)8-4-11-23(20(21)26)15-18-7-3-10-22-14-18/h3,7,10,14,17H,1-2,4-6,8-9,11-13,15-16H2/t21-/m0/s1. The molecule has 0 radical (unpaired) electrons. The van der Waals surface area contributed by atoms with Crippen LogP contribution in [0, 0.1) is 11.3 Å². The molecule has 4 rings (SSSR count). The summed E-state index contributed by atoms with van der Waals surface area (Å²) in [5.74, 6) is 1.08. The maximum Gasteiger partial charge on any atom is 0.230 e. The fraction of sp³-hybridized carbons (Fsp3) is 0.667. The second-order valence-corrected chi connectivity index (χ2v) is 8.39. The van der Waals surface area contributed by atoms with Gasteiger partial charge in [0.1, 0.15) is 0 Å². The van der Waals surface area contributed by atoms with Gasteiger partial charge in [-0.05, 0) is 49.7 Å². The van der Waals surface area contributed by atoms with Crippen molar-refractivity contribution >= 4 is 11.8 Å². The van der Waals surface area contributed by atoms with Gasteiger partial charge in [0.2, 0.25) is 11.8 Å². The number of pyridine rings is 1. The number of hydrogen-bond acceptors (Lipinski definition) is 3. The Balaban J connectivity index is 1.39. The molecule has 1 aromatic heterocycles. The number of carbonyl (C=O) groups is 2. The summed E-state index contributed by atoms with van der Waals surface area (Å²) in [6.07, 6.45) is 12.0. The van der Waals surface area contributed by atoms with Crippen LogP contribution in [-0.2, 0) is 16.1 Å². The highest BCUT2D eigenvalue weighted by molar-refractivity contribution is 5.86. The molecular weight excluding hydrogens is 326 g/mol. The molecule has 1 aromatic rings. The first-order valence-corrected chi connectivity index (χ1v) is 10.1. The van der Waals surface area contributed by atoms with Crippen LogP contribution in [0.5, 0.6) is 0 Å². The van der Waals surface area contributed by atoms with Crippen molar-refractivity contribution in [2.45, 2.75) is 57.9 Å². The number of carbonyl (C=O) groups excluding carboxylic acids is 2. The van der Waals surface area contributed by atoms with E-state index in [4.69, 9.17) is 0 Å². The highest BCUT2D eigenvalue weighted by atomic mass is 16.2. The first-order valence-electron chi connectivity index (χ1n) is 10.1. The van der Waals surface area contributed by atoms with E-state index >= 15 is 0 Å². The van der Waals surface area contributed by atoms with Gasteiger partial charge in [0.05, 0.1) is 5.41 Å². The van der Waals surface area contributed by atoms with Crippen LogP contribution in [0.15, 0.2) is 24.5 Å². The SMILES string of the molecule is O=C(CC1CCCC1)N1CC[C@@]2(CCCN(Cc3cccnc3)C2=O)C1. The smallest absolute Gasteiger partial charge is 0.230 e. The van der Waals surface area contributed by atoms with Gasteiger partial charge in [0, 0.05) is 45.0 Å². The van der Waals surface area contributed by atoms with Gasteiger partial charge in [-0.15, -0.1) is 0 Å². The molecule has 0 aromatic carbocycles. The van der Waals surface area contributed by atoms with E-state index in [1.165, 1.54) is 25.7 Å². The Morgan fingerprint density at radius 2 is 2.04 bits per heavy atom. The minimum atomic E-state index is -0.341. The van der Waals surface area contributed by atoms with Crippen LogP contribution in [0.25, 0.3) is 0 Å². The summed E-state index contributed by atoms with van der Waals surface area (Å²) in [6.45, 7) is 2.81. The quantitative estimate of drug-likeness (QED) is 0.834. The molecule has 5 nitrogen and oxygen atoms in total. The molecule has 1 spiro atoms. The average Bonchev–Trinajstić information content (AvgIpc) is 3.31. The van der Waals surface area contributed by atoms with Gasteiger partial charge in [-0.2, -0.15) is 0 Å². The van der Waals surface area contributed by atoms with Gasteiger partial charge in [-0.25, -0.2) is 0 Å². The number of aromatic nitrogens is 1. The van der Waals surface area contributed by atoms with Gasteiger partial charge < -0.3 is 9.80 Å². The predicted molar refractivity (Wildman–Crippen MR) is 99.1 cm³/mol. The van der Waals surface area contributed by atoms with E-state index < -0.39 is 0 Å². The maximum absolute atomic E-state index is 13.2. The Morgan fingerprint density at radius 3 is 2.81 bits per heavy atom. The Bertz CT molecular complexity index is 656. The van der Waals surface area contributed by atoms with Crippen molar-refractivity contribution in [1.29, 1.82) is 0 Å². The molecule has 2 amide bonds. The lowest BCUT2D eigenvalue weighted by atomic mass is 9.78. The zero-order valence-electron chi connectivity index (χ0n) is 15.5. The number of likely N-dealkylation sites (tertiary alicyclic amines) is 2. The fourth-order valence-electron chi connectivity index (χ4n) is 5.07. The molecule has 3 aliphatic rings. The molecule has 2 aliphatic heterocycles. The molecule has 1 aliphatic carbocycles. The van der Waals surface area contributed by atoms with Crippen LogP contribution >= 0.6 is 0 Å². The summed E-state index contributed by atoms with van der Waals surface area (Å²) in [4.78, 5) is 34.0. The highest BCUT2D eigenvalue weighted by Crippen LogP contribution is 2.41. The van der Waals surface area contributed by atoms with Crippen molar-refractivity contribution in [2.24, 2.45) is 11.3 Å². The number of rotatable bonds is 4. The van der Waals surface area contributed by atoms with E-state index in [0.717, 1.165) is 37.9 Å². The zero-order valence-corrected chi connectivity index (χ0v) is 15.5. The maximum atomic E-state index is 13.2. The lowest BCUT2D eigenvalue weighted by Crippen LogP contribution is -2.50. The van der Waals surface area contributed by atoms with Crippen LogP contribution in [0.4, 0.5) is 0 Å². The molecule has 3 heterocycles. The molecule has 0 unspecified atom stereocenters. The van der Waals surface area contributed by atoms with Gasteiger partial charge >= 0.3 is 0 Å². The summed E-state index contributed by atoms with van der Waals surface area (Å²) in [5, 5.41) is 0. The molecule has 0 bridgehead atoms. The molecule has 26 heavy (non-hydrogen) atoms. The monoisotopic (exact) mass is 355 g/mol. The highest BCUT2D eigenvalue weighted by Gasteiger charge is 2.49. The topological polar surface area (TPSA) is 53.5 Å². The Morgan fingerprint density at radius 1 is 1.19 bits per heavy atom. The van der Waals surface area contributed by atoms with Gasteiger partial charge in [-0.1, -0.05) is 18.9 Å². The summed E-state index contributed by atoms with van der Waals surface area (Å²) >= 11 is 0. The number of amides is 2. The normalized spacial score (nSPS) is 26.8. The third kappa shape index (κ3) is 3.49. The molecule has 2 saturated heterocycles. The summed E-state index contributed by atoms with van der Waals surface area (Å²) in [5.41, 5.74) is 0.733. The minimum absolute atomic E-state index is 0.240. The molecule has 3 fully saturated rings. The lowest BCUT2D eigenvalue weighted by molar-refractivity contribution is -0.146. The number of hydrogen-bond donors (Lipinski definition) is 0. The second kappa shape index (κ2) is 7.37. The third-order valence-corrected chi connectivity index (χ3v) is 6.57. The Kier molecular flexibility index (Phi) is 4.96. The Hall–Kier alpha value is -1.91. The van der Waals surface area contributed by atoms with E-state index in [9.17, 15) is 9.59 Å². The van der Waals surface area contributed by atoms with Crippen molar-refractivity contribution in [3.8, 4) is 0 Å². The van der Waals surface area contributed by atoms with Crippen LogP contribution in [0.2, 0.25) is 0 Å². The van der Waals surface area contributed by atoms with Crippen molar-refractivity contribution in [1.82, 2.24) is 14.8 Å². The first-order chi connectivity index (χ1) is 12.7. The first kappa shape index (κ1) is 17.5. The minimum Gasteiger partial charge on any atom is -0.342 e. The zero-order chi connectivity index (χ0) is 18.0. The van der Waals surface area contributed by atoms with Gasteiger partial charge in [0.25, 0.3) is 0 Å². The van der Waals surface area contributed by atoms with Crippen LogP contribution in [-0.4, -0.2) is 46.2 Å². The largest absolute Gasteiger partial charge is 0.342 e. The molecule has 1 atom stereocenters. The average molecular weight is 355 g/mol.